The maximum atomic E-state index is 11.2. The highest BCUT2D eigenvalue weighted by atomic mass is 16.6. The molecule has 4 rings (SSSR count). The molecule has 1 fully saturated rings. The van der Waals surface area contributed by atoms with Crippen molar-refractivity contribution in [2.75, 3.05) is 31.2 Å². The summed E-state index contributed by atoms with van der Waals surface area (Å²) in [6.45, 7) is 3.57. The van der Waals surface area contributed by atoms with Gasteiger partial charge in [0, 0.05) is 54.7 Å². The molecule has 3 aromatic rings. The molecule has 0 radical (unpaired) electrons. The monoisotopic (exact) mass is 337 g/mol. The first kappa shape index (κ1) is 15.7. The SMILES string of the molecule is O=[N+]([O-])c1ccc(N2CCOCC2)c(Cn2ccc3ccccc32)c1. The number of nitro benzene ring substituents is 1. The summed E-state index contributed by atoms with van der Waals surface area (Å²) in [4.78, 5) is 13.1. The van der Waals surface area contributed by atoms with Gasteiger partial charge in [-0.05, 0) is 23.6 Å². The second kappa shape index (κ2) is 6.57. The van der Waals surface area contributed by atoms with Crippen LogP contribution in [0.4, 0.5) is 11.4 Å². The van der Waals surface area contributed by atoms with Gasteiger partial charge in [0.2, 0.25) is 0 Å². The summed E-state index contributed by atoms with van der Waals surface area (Å²) in [6.07, 6.45) is 2.03. The molecule has 2 heterocycles. The largest absolute Gasteiger partial charge is 0.378 e. The standard InChI is InChI=1S/C19H19N3O3/c23-22(24)17-5-6-19(20-9-11-25-12-10-20)16(13-17)14-21-8-7-15-3-1-2-4-18(15)21/h1-8,13H,9-12,14H2. The van der Waals surface area contributed by atoms with Crippen LogP contribution in [-0.2, 0) is 11.3 Å². The summed E-state index contributed by atoms with van der Waals surface area (Å²) in [5, 5.41) is 12.4. The minimum Gasteiger partial charge on any atom is -0.378 e. The molecule has 0 spiro atoms. The third-order valence-electron chi connectivity index (χ3n) is 4.65. The van der Waals surface area contributed by atoms with Crippen molar-refractivity contribution in [3.05, 3.63) is 70.4 Å². The predicted molar refractivity (Wildman–Crippen MR) is 97.2 cm³/mol. The Hall–Kier alpha value is -2.86. The van der Waals surface area contributed by atoms with E-state index >= 15 is 0 Å². The second-order valence-corrected chi connectivity index (χ2v) is 6.17. The van der Waals surface area contributed by atoms with Crippen LogP contribution in [0.1, 0.15) is 5.56 Å². The normalized spacial score (nSPS) is 14.8. The average molecular weight is 337 g/mol. The first-order valence-corrected chi connectivity index (χ1v) is 8.36. The summed E-state index contributed by atoms with van der Waals surface area (Å²) in [6, 6.07) is 15.4. The minimum absolute atomic E-state index is 0.128. The summed E-state index contributed by atoms with van der Waals surface area (Å²) in [5.74, 6) is 0. The maximum Gasteiger partial charge on any atom is 0.269 e. The molecule has 2 aromatic carbocycles. The Morgan fingerprint density at radius 3 is 2.68 bits per heavy atom. The molecule has 6 heteroatoms. The van der Waals surface area contributed by atoms with Crippen LogP contribution in [0.5, 0.6) is 0 Å². The highest BCUT2D eigenvalue weighted by Crippen LogP contribution is 2.28. The Bertz CT molecular complexity index is 913. The number of hydrogen-bond acceptors (Lipinski definition) is 4. The summed E-state index contributed by atoms with van der Waals surface area (Å²) < 4.78 is 7.57. The fourth-order valence-electron chi connectivity index (χ4n) is 3.39. The van der Waals surface area contributed by atoms with E-state index in [1.165, 1.54) is 5.39 Å². The number of non-ortho nitro benzene ring substituents is 1. The van der Waals surface area contributed by atoms with E-state index in [1.807, 2.05) is 24.4 Å². The van der Waals surface area contributed by atoms with E-state index < -0.39 is 0 Å². The lowest BCUT2D eigenvalue weighted by Gasteiger charge is -2.30. The molecule has 0 N–H and O–H groups in total. The van der Waals surface area contributed by atoms with Crippen LogP contribution < -0.4 is 4.90 Å². The summed E-state index contributed by atoms with van der Waals surface area (Å²) >= 11 is 0. The van der Waals surface area contributed by atoms with Gasteiger partial charge in [-0.15, -0.1) is 0 Å². The van der Waals surface area contributed by atoms with E-state index in [9.17, 15) is 10.1 Å². The van der Waals surface area contributed by atoms with E-state index in [0.717, 1.165) is 29.9 Å². The molecule has 1 aromatic heterocycles. The molecule has 0 aliphatic carbocycles. The van der Waals surface area contributed by atoms with Gasteiger partial charge in [-0.25, -0.2) is 0 Å². The number of fused-ring (bicyclic) bond motifs is 1. The lowest BCUT2D eigenvalue weighted by Crippen LogP contribution is -2.36. The van der Waals surface area contributed by atoms with Crippen molar-refractivity contribution < 1.29 is 9.66 Å². The van der Waals surface area contributed by atoms with Gasteiger partial charge in [-0.3, -0.25) is 10.1 Å². The van der Waals surface area contributed by atoms with Crippen molar-refractivity contribution in [2.24, 2.45) is 0 Å². The lowest BCUT2D eigenvalue weighted by molar-refractivity contribution is -0.384. The molecule has 1 saturated heterocycles. The second-order valence-electron chi connectivity index (χ2n) is 6.17. The van der Waals surface area contributed by atoms with Crippen molar-refractivity contribution in [2.45, 2.75) is 6.54 Å². The number of hydrogen-bond donors (Lipinski definition) is 0. The third-order valence-corrected chi connectivity index (χ3v) is 4.65. The predicted octanol–water partition coefficient (Wildman–Crippen LogP) is 3.43. The number of ether oxygens (including phenoxy) is 1. The number of benzene rings is 2. The maximum absolute atomic E-state index is 11.2. The van der Waals surface area contributed by atoms with Gasteiger partial charge >= 0.3 is 0 Å². The molecule has 128 valence electrons. The van der Waals surface area contributed by atoms with Crippen LogP contribution in [0.15, 0.2) is 54.7 Å². The van der Waals surface area contributed by atoms with E-state index in [4.69, 9.17) is 4.74 Å². The van der Waals surface area contributed by atoms with Crippen LogP contribution in [0, 0.1) is 10.1 Å². The van der Waals surface area contributed by atoms with Crippen molar-refractivity contribution in [3.8, 4) is 0 Å². The summed E-state index contributed by atoms with van der Waals surface area (Å²) in [5.41, 5.74) is 3.26. The Morgan fingerprint density at radius 1 is 1.08 bits per heavy atom. The van der Waals surface area contributed by atoms with Gasteiger partial charge in [0.25, 0.3) is 5.69 Å². The Kier molecular flexibility index (Phi) is 4.11. The first-order chi connectivity index (χ1) is 12.2. The molecular weight excluding hydrogens is 318 g/mol. The topological polar surface area (TPSA) is 60.5 Å². The number of nitrogens with zero attached hydrogens (tertiary/aromatic N) is 3. The molecule has 0 atom stereocenters. The van der Waals surface area contributed by atoms with Crippen LogP contribution >= 0.6 is 0 Å². The zero-order valence-corrected chi connectivity index (χ0v) is 13.8. The van der Waals surface area contributed by atoms with E-state index in [1.54, 1.807) is 12.1 Å². The zero-order valence-electron chi connectivity index (χ0n) is 13.8. The van der Waals surface area contributed by atoms with Gasteiger partial charge < -0.3 is 14.2 Å². The van der Waals surface area contributed by atoms with Crippen molar-refractivity contribution in [1.82, 2.24) is 4.57 Å². The molecule has 25 heavy (non-hydrogen) atoms. The van der Waals surface area contributed by atoms with Gasteiger partial charge in [0.15, 0.2) is 0 Å². The molecule has 1 aliphatic rings. The van der Waals surface area contributed by atoms with Crippen LogP contribution in [0.3, 0.4) is 0 Å². The molecule has 0 unspecified atom stereocenters. The molecule has 0 saturated carbocycles. The van der Waals surface area contributed by atoms with Crippen molar-refractivity contribution in [3.63, 3.8) is 0 Å². The van der Waals surface area contributed by atoms with Gasteiger partial charge in [0.1, 0.15) is 0 Å². The van der Waals surface area contributed by atoms with Gasteiger partial charge in [-0.1, -0.05) is 18.2 Å². The molecule has 1 aliphatic heterocycles. The molecular formula is C19H19N3O3. The number of nitro groups is 1. The fourth-order valence-corrected chi connectivity index (χ4v) is 3.39. The highest BCUT2D eigenvalue weighted by Gasteiger charge is 2.18. The Labute approximate surface area is 145 Å². The zero-order chi connectivity index (χ0) is 17.2. The number of morpholine rings is 1. The molecule has 0 bridgehead atoms. The average Bonchev–Trinajstić information content (AvgIpc) is 3.05. The van der Waals surface area contributed by atoms with Gasteiger partial charge in [-0.2, -0.15) is 0 Å². The van der Waals surface area contributed by atoms with Crippen LogP contribution in [0.2, 0.25) is 0 Å². The van der Waals surface area contributed by atoms with Crippen LogP contribution in [-0.4, -0.2) is 35.8 Å². The lowest BCUT2D eigenvalue weighted by atomic mass is 10.1. The van der Waals surface area contributed by atoms with E-state index in [2.05, 4.69) is 27.7 Å². The third kappa shape index (κ3) is 3.08. The summed E-state index contributed by atoms with van der Waals surface area (Å²) in [7, 11) is 0. The Morgan fingerprint density at radius 2 is 1.88 bits per heavy atom. The van der Waals surface area contributed by atoms with Crippen LogP contribution in [0.25, 0.3) is 10.9 Å². The number of rotatable bonds is 4. The van der Waals surface area contributed by atoms with Gasteiger partial charge in [0.05, 0.1) is 18.1 Å². The highest BCUT2D eigenvalue weighted by molar-refractivity contribution is 5.80. The van der Waals surface area contributed by atoms with E-state index in [-0.39, 0.29) is 10.6 Å². The van der Waals surface area contributed by atoms with Crippen molar-refractivity contribution >= 4 is 22.3 Å². The fraction of sp³-hybridized carbons (Fsp3) is 0.263. The molecule has 0 amide bonds. The number of anilines is 1. The smallest absolute Gasteiger partial charge is 0.269 e. The van der Waals surface area contributed by atoms with E-state index in [0.29, 0.717) is 19.8 Å². The first-order valence-electron chi connectivity index (χ1n) is 8.36. The number of aromatic nitrogens is 1. The minimum atomic E-state index is -0.333. The number of para-hydroxylation sites is 1. The molecule has 6 nitrogen and oxygen atoms in total. The Balaban J connectivity index is 1.75. The van der Waals surface area contributed by atoms with Crippen molar-refractivity contribution in [1.29, 1.82) is 0 Å². The quantitative estimate of drug-likeness (QED) is 0.540.